The summed E-state index contributed by atoms with van der Waals surface area (Å²) in [5.41, 5.74) is 1.25. The van der Waals surface area contributed by atoms with Gasteiger partial charge in [-0.15, -0.1) is 0 Å². The van der Waals surface area contributed by atoms with Crippen molar-refractivity contribution >= 4 is 5.91 Å². The number of carbonyl (C=O) groups is 1. The fourth-order valence-corrected chi connectivity index (χ4v) is 1.34. The Morgan fingerprint density at radius 1 is 1.19 bits per heavy atom. The van der Waals surface area contributed by atoms with E-state index in [-0.39, 0.29) is 5.91 Å². The summed E-state index contributed by atoms with van der Waals surface area (Å²) in [5.74, 6) is 0.0315. The van der Waals surface area contributed by atoms with Gasteiger partial charge in [-0.2, -0.15) is 0 Å². The molecule has 3 N–H and O–H groups in total. The van der Waals surface area contributed by atoms with Gasteiger partial charge in [-0.3, -0.25) is 4.79 Å². The van der Waals surface area contributed by atoms with Crippen molar-refractivity contribution in [1.29, 1.82) is 0 Å². The van der Waals surface area contributed by atoms with Crippen LogP contribution in [0, 0.1) is 0 Å². The van der Waals surface area contributed by atoms with Gasteiger partial charge in [-0.25, -0.2) is 0 Å². The van der Waals surface area contributed by atoms with Gasteiger partial charge in [-0.05, 0) is 12.6 Å². The molecule has 4 nitrogen and oxygen atoms in total. The first-order chi connectivity index (χ1) is 7.83. The molecular weight excluding hydrogens is 202 g/mol. The Balaban J connectivity index is 2.02. The van der Waals surface area contributed by atoms with Crippen LogP contribution in [-0.2, 0) is 11.3 Å². The maximum Gasteiger partial charge on any atom is 0.233 e. The lowest BCUT2D eigenvalue weighted by molar-refractivity contribution is -0.120. The molecule has 1 aromatic rings. The van der Waals surface area contributed by atoms with Crippen LogP contribution in [-0.4, -0.2) is 32.6 Å². The highest BCUT2D eigenvalue weighted by atomic mass is 16.1. The number of amides is 1. The van der Waals surface area contributed by atoms with Crippen LogP contribution in [0.4, 0.5) is 0 Å². The van der Waals surface area contributed by atoms with E-state index in [1.165, 1.54) is 5.56 Å². The normalized spacial score (nSPS) is 10.1. The van der Waals surface area contributed by atoms with Crippen LogP contribution in [0.1, 0.15) is 5.56 Å². The third-order valence-corrected chi connectivity index (χ3v) is 2.13. The minimum Gasteiger partial charge on any atom is -0.354 e. The van der Waals surface area contributed by atoms with Gasteiger partial charge in [0.25, 0.3) is 0 Å². The largest absolute Gasteiger partial charge is 0.354 e. The molecule has 1 rings (SSSR count). The van der Waals surface area contributed by atoms with E-state index >= 15 is 0 Å². The van der Waals surface area contributed by atoms with Gasteiger partial charge < -0.3 is 16.0 Å². The second-order valence-electron chi connectivity index (χ2n) is 3.54. The first-order valence-corrected chi connectivity index (χ1v) is 5.49. The van der Waals surface area contributed by atoms with E-state index in [2.05, 4.69) is 28.1 Å². The highest BCUT2D eigenvalue weighted by Gasteiger charge is 1.96. The third-order valence-electron chi connectivity index (χ3n) is 2.13. The van der Waals surface area contributed by atoms with E-state index in [1.807, 2.05) is 18.2 Å². The molecule has 0 saturated carbocycles. The fraction of sp³-hybridized carbons (Fsp3) is 0.417. The molecule has 88 valence electrons. The lowest BCUT2D eigenvalue weighted by Gasteiger charge is -2.06. The van der Waals surface area contributed by atoms with Crippen LogP contribution in [0.5, 0.6) is 0 Å². The topological polar surface area (TPSA) is 53.2 Å². The van der Waals surface area contributed by atoms with Gasteiger partial charge in [0.15, 0.2) is 0 Å². The summed E-state index contributed by atoms with van der Waals surface area (Å²) in [5, 5.41) is 8.87. The van der Waals surface area contributed by atoms with Gasteiger partial charge in [0, 0.05) is 19.6 Å². The molecule has 0 bridgehead atoms. The number of benzene rings is 1. The van der Waals surface area contributed by atoms with Crippen molar-refractivity contribution in [2.45, 2.75) is 6.54 Å². The molecule has 1 aromatic carbocycles. The van der Waals surface area contributed by atoms with Crippen molar-refractivity contribution in [1.82, 2.24) is 16.0 Å². The van der Waals surface area contributed by atoms with Gasteiger partial charge >= 0.3 is 0 Å². The number of rotatable bonds is 7. The van der Waals surface area contributed by atoms with E-state index in [4.69, 9.17) is 0 Å². The smallest absolute Gasteiger partial charge is 0.233 e. The van der Waals surface area contributed by atoms with E-state index < -0.39 is 0 Å². The molecule has 0 radical (unpaired) electrons. The molecule has 1 amide bonds. The zero-order valence-electron chi connectivity index (χ0n) is 9.62. The van der Waals surface area contributed by atoms with Crippen LogP contribution in [0.25, 0.3) is 0 Å². The van der Waals surface area contributed by atoms with Crippen LogP contribution < -0.4 is 16.0 Å². The lowest BCUT2D eigenvalue weighted by Crippen LogP contribution is -2.36. The second kappa shape index (κ2) is 7.84. The van der Waals surface area contributed by atoms with E-state index in [0.717, 1.165) is 13.1 Å². The highest BCUT2D eigenvalue weighted by Crippen LogP contribution is 1.96. The molecule has 0 aromatic heterocycles. The number of nitrogens with one attached hydrogen (secondary N) is 3. The van der Waals surface area contributed by atoms with E-state index in [9.17, 15) is 4.79 Å². The maximum absolute atomic E-state index is 11.1. The predicted molar refractivity (Wildman–Crippen MR) is 65.1 cm³/mol. The van der Waals surface area contributed by atoms with Gasteiger partial charge in [0.1, 0.15) is 0 Å². The molecule has 0 aliphatic rings. The predicted octanol–water partition coefficient (Wildman–Crippen LogP) is 0.112. The number of hydrogen-bond acceptors (Lipinski definition) is 3. The number of hydrogen-bond donors (Lipinski definition) is 3. The Hall–Kier alpha value is -1.39. The number of likely N-dealkylation sites (N-methyl/N-ethyl adjacent to an activating group) is 1. The zero-order chi connectivity index (χ0) is 11.6. The van der Waals surface area contributed by atoms with E-state index in [0.29, 0.717) is 13.1 Å². The lowest BCUT2D eigenvalue weighted by atomic mass is 10.2. The average molecular weight is 221 g/mol. The molecule has 0 aliphatic heterocycles. The van der Waals surface area contributed by atoms with Crippen LogP contribution in [0.2, 0.25) is 0 Å². The fourth-order valence-electron chi connectivity index (χ4n) is 1.34. The van der Waals surface area contributed by atoms with Crippen molar-refractivity contribution in [2.24, 2.45) is 0 Å². The molecule has 4 heteroatoms. The number of carbonyl (C=O) groups excluding carboxylic acids is 1. The first-order valence-electron chi connectivity index (χ1n) is 5.49. The zero-order valence-corrected chi connectivity index (χ0v) is 9.62. The monoisotopic (exact) mass is 221 g/mol. The molecule has 0 spiro atoms. The van der Waals surface area contributed by atoms with Crippen molar-refractivity contribution in [2.75, 3.05) is 26.7 Å². The van der Waals surface area contributed by atoms with Crippen LogP contribution in [0.15, 0.2) is 30.3 Å². The summed E-state index contributed by atoms with van der Waals surface area (Å²) < 4.78 is 0. The Morgan fingerprint density at radius 3 is 2.62 bits per heavy atom. The Morgan fingerprint density at radius 2 is 1.94 bits per heavy atom. The van der Waals surface area contributed by atoms with Crippen LogP contribution in [0.3, 0.4) is 0 Å². The Kier molecular flexibility index (Phi) is 6.22. The molecule has 0 aliphatic carbocycles. The summed E-state index contributed by atoms with van der Waals surface area (Å²) >= 11 is 0. The van der Waals surface area contributed by atoms with Crippen molar-refractivity contribution < 1.29 is 4.79 Å². The quantitative estimate of drug-likeness (QED) is 0.573. The standard InChI is InChI=1S/C12H19N3O/c1-13-10-12(16)15-8-7-14-9-11-5-3-2-4-6-11/h2-6,13-14H,7-10H2,1H3,(H,15,16). The second-order valence-corrected chi connectivity index (χ2v) is 3.54. The van der Waals surface area contributed by atoms with Crippen molar-refractivity contribution in [3.8, 4) is 0 Å². The van der Waals surface area contributed by atoms with Crippen molar-refractivity contribution in [3.05, 3.63) is 35.9 Å². The van der Waals surface area contributed by atoms with Gasteiger partial charge in [-0.1, -0.05) is 30.3 Å². The Bertz CT molecular complexity index is 300. The molecule has 0 unspecified atom stereocenters. The van der Waals surface area contributed by atoms with E-state index in [1.54, 1.807) is 7.05 Å². The molecular formula is C12H19N3O. The summed E-state index contributed by atoms with van der Waals surface area (Å²) in [7, 11) is 1.76. The average Bonchev–Trinajstić information content (AvgIpc) is 2.30. The van der Waals surface area contributed by atoms with Gasteiger partial charge in [0.2, 0.25) is 5.91 Å². The molecule has 0 atom stereocenters. The summed E-state index contributed by atoms with van der Waals surface area (Å²) in [6.45, 7) is 2.65. The summed E-state index contributed by atoms with van der Waals surface area (Å²) in [6.07, 6.45) is 0. The first kappa shape index (κ1) is 12.7. The van der Waals surface area contributed by atoms with Gasteiger partial charge in [0.05, 0.1) is 6.54 Å². The molecule has 0 heterocycles. The van der Waals surface area contributed by atoms with Crippen LogP contribution >= 0.6 is 0 Å². The highest BCUT2D eigenvalue weighted by molar-refractivity contribution is 5.77. The minimum atomic E-state index is 0.0315. The summed E-state index contributed by atoms with van der Waals surface area (Å²) in [4.78, 5) is 11.1. The minimum absolute atomic E-state index is 0.0315. The Labute approximate surface area is 96.4 Å². The molecule has 16 heavy (non-hydrogen) atoms. The summed E-state index contributed by atoms with van der Waals surface area (Å²) in [6, 6.07) is 10.2. The molecule has 0 saturated heterocycles. The third kappa shape index (κ3) is 5.48. The maximum atomic E-state index is 11.1. The van der Waals surface area contributed by atoms with Crippen molar-refractivity contribution in [3.63, 3.8) is 0 Å². The molecule has 0 fully saturated rings. The SMILES string of the molecule is CNCC(=O)NCCNCc1ccccc1.